The molecular formula is C16H23N3O3. The van der Waals surface area contributed by atoms with Crippen molar-refractivity contribution < 1.29 is 14.6 Å². The molecule has 6 nitrogen and oxygen atoms in total. The van der Waals surface area contributed by atoms with Crippen LogP contribution in [0.1, 0.15) is 23.3 Å². The van der Waals surface area contributed by atoms with Crippen LogP contribution in [0.25, 0.3) is 0 Å². The molecule has 1 aromatic rings. The van der Waals surface area contributed by atoms with Crippen molar-refractivity contribution >= 4 is 5.91 Å². The molecular weight excluding hydrogens is 282 g/mol. The Balaban J connectivity index is 1.55. The molecule has 0 unspecified atom stereocenters. The highest BCUT2D eigenvalue weighted by Crippen LogP contribution is 2.19. The molecule has 1 aromatic heterocycles. The molecule has 0 aromatic carbocycles. The van der Waals surface area contributed by atoms with Gasteiger partial charge in [-0.05, 0) is 25.0 Å². The van der Waals surface area contributed by atoms with Gasteiger partial charge in [-0.3, -0.25) is 14.7 Å². The fraction of sp³-hybridized carbons (Fsp3) is 0.625. The lowest BCUT2D eigenvalue weighted by Gasteiger charge is -2.38. The fourth-order valence-corrected chi connectivity index (χ4v) is 3.23. The molecule has 2 saturated heterocycles. The molecule has 0 saturated carbocycles. The summed E-state index contributed by atoms with van der Waals surface area (Å²) in [4.78, 5) is 20.7. The van der Waals surface area contributed by atoms with Crippen LogP contribution in [0.4, 0.5) is 0 Å². The van der Waals surface area contributed by atoms with Gasteiger partial charge in [-0.25, -0.2) is 0 Å². The first kappa shape index (κ1) is 15.4. The highest BCUT2D eigenvalue weighted by atomic mass is 16.5. The number of carbonyl (C=O) groups is 1. The average Bonchev–Trinajstić information content (AvgIpc) is 2.80. The number of aromatic nitrogens is 1. The Morgan fingerprint density at radius 3 is 2.82 bits per heavy atom. The second-order valence-corrected chi connectivity index (χ2v) is 5.96. The maximum absolute atomic E-state index is 12.4. The molecule has 0 bridgehead atoms. The van der Waals surface area contributed by atoms with Gasteiger partial charge in [0.2, 0.25) is 0 Å². The van der Waals surface area contributed by atoms with Crippen LogP contribution >= 0.6 is 0 Å². The van der Waals surface area contributed by atoms with Gasteiger partial charge in [-0.15, -0.1) is 0 Å². The predicted octanol–water partition coefficient (Wildman–Crippen LogP) is 0.379. The highest BCUT2D eigenvalue weighted by Gasteiger charge is 2.29. The number of ether oxygens (including phenoxy) is 1. The predicted molar refractivity (Wildman–Crippen MR) is 81.6 cm³/mol. The van der Waals surface area contributed by atoms with Crippen molar-refractivity contribution in [1.29, 1.82) is 0 Å². The molecule has 2 fully saturated rings. The van der Waals surface area contributed by atoms with E-state index in [0.717, 1.165) is 32.5 Å². The second-order valence-electron chi connectivity index (χ2n) is 5.96. The Morgan fingerprint density at radius 1 is 1.27 bits per heavy atom. The maximum Gasteiger partial charge on any atom is 0.272 e. The summed E-state index contributed by atoms with van der Waals surface area (Å²) < 4.78 is 5.38. The summed E-state index contributed by atoms with van der Waals surface area (Å²) in [5.74, 6) is 0.0123. The Labute approximate surface area is 130 Å². The number of aliphatic hydroxyl groups is 1. The Hall–Kier alpha value is -1.50. The standard InChI is InChI=1S/C16H23N3O3/c20-14-11-19(9-10-22-12-14)13-4-7-18(8-5-13)16(21)15-3-1-2-6-17-15/h1-3,6,13-14,20H,4-5,7-12H2/t14-/m0/s1. The number of amides is 1. The topological polar surface area (TPSA) is 65.9 Å². The summed E-state index contributed by atoms with van der Waals surface area (Å²) in [5, 5.41) is 9.84. The summed E-state index contributed by atoms with van der Waals surface area (Å²) in [6, 6.07) is 5.84. The van der Waals surface area contributed by atoms with Crippen molar-refractivity contribution in [2.24, 2.45) is 0 Å². The van der Waals surface area contributed by atoms with Crippen LogP contribution in [0.2, 0.25) is 0 Å². The third kappa shape index (κ3) is 3.63. The van der Waals surface area contributed by atoms with Crippen LogP contribution in [-0.4, -0.2) is 77.3 Å². The third-order valence-electron chi connectivity index (χ3n) is 4.43. The fourth-order valence-electron chi connectivity index (χ4n) is 3.23. The van der Waals surface area contributed by atoms with Gasteiger partial charge in [-0.1, -0.05) is 6.07 Å². The van der Waals surface area contributed by atoms with Gasteiger partial charge in [0.25, 0.3) is 5.91 Å². The Bertz CT molecular complexity index is 489. The first-order valence-corrected chi connectivity index (χ1v) is 7.94. The number of rotatable bonds is 2. The monoisotopic (exact) mass is 305 g/mol. The minimum absolute atomic E-state index is 0.0123. The van der Waals surface area contributed by atoms with Gasteiger partial charge < -0.3 is 14.7 Å². The van der Waals surface area contributed by atoms with E-state index in [9.17, 15) is 9.90 Å². The number of nitrogens with zero attached hydrogens (tertiary/aromatic N) is 3. The molecule has 3 rings (SSSR count). The number of hydrogen-bond acceptors (Lipinski definition) is 5. The lowest BCUT2D eigenvalue weighted by Crippen LogP contribution is -2.48. The first-order valence-electron chi connectivity index (χ1n) is 7.94. The summed E-state index contributed by atoms with van der Waals surface area (Å²) in [6.45, 7) is 4.10. The van der Waals surface area contributed by atoms with E-state index in [1.165, 1.54) is 0 Å². The first-order chi connectivity index (χ1) is 10.7. The smallest absolute Gasteiger partial charge is 0.272 e. The van der Waals surface area contributed by atoms with Crippen molar-refractivity contribution in [2.75, 3.05) is 39.4 Å². The van der Waals surface area contributed by atoms with Gasteiger partial charge in [0, 0.05) is 38.4 Å². The number of hydrogen-bond donors (Lipinski definition) is 1. The lowest BCUT2D eigenvalue weighted by atomic mass is 10.0. The van der Waals surface area contributed by atoms with Gasteiger partial charge in [0.05, 0.1) is 19.3 Å². The molecule has 22 heavy (non-hydrogen) atoms. The van der Waals surface area contributed by atoms with Gasteiger partial charge in [0.15, 0.2) is 0 Å². The van der Waals surface area contributed by atoms with Crippen molar-refractivity contribution in [1.82, 2.24) is 14.8 Å². The molecule has 1 amide bonds. The number of aliphatic hydroxyl groups excluding tert-OH is 1. The zero-order chi connectivity index (χ0) is 15.4. The maximum atomic E-state index is 12.4. The van der Waals surface area contributed by atoms with Crippen molar-refractivity contribution in [3.8, 4) is 0 Å². The van der Waals surface area contributed by atoms with E-state index >= 15 is 0 Å². The zero-order valence-electron chi connectivity index (χ0n) is 12.7. The molecule has 6 heteroatoms. The van der Waals surface area contributed by atoms with E-state index in [1.54, 1.807) is 12.3 Å². The van der Waals surface area contributed by atoms with Crippen LogP contribution in [0.3, 0.4) is 0 Å². The number of likely N-dealkylation sites (tertiary alicyclic amines) is 1. The summed E-state index contributed by atoms with van der Waals surface area (Å²) in [5.41, 5.74) is 0.513. The van der Waals surface area contributed by atoms with Crippen LogP contribution in [0.15, 0.2) is 24.4 Å². The van der Waals surface area contributed by atoms with E-state index in [2.05, 4.69) is 9.88 Å². The molecule has 3 heterocycles. The second kappa shape index (κ2) is 7.17. The van der Waals surface area contributed by atoms with Crippen molar-refractivity contribution in [3.05, 3.63) is 30.1 Å². The molecule has 0 radical (unpaired) electrons. The normalized spacial score (nSPS) is 25.0. The van der Waals surface area contributed by atoms with Gasteiger partial charge in [-0.2, -0.15) is 0 Å². The van der Waals surface area contributed by atoms with Crippen molar-refractivity contribution in [3.63, 3.8) is 0 Å². The zero-order valence-corrected chi connectivity index (χ0v) is 12.7. The minimum atomic E-state index is -0.407. The summed E-state index contributed by atoms with van der Waals surface area (Å²) in [7, 11) is 0. The molecule has 0 spiro atoms. The molecule has 120 valence electrons. The van der Waals surface area contributed by atoms with E-state index in [4.69, 9.17) is 4.74 Å². The molecule has 1 N–H and O–H groups in total. The van der Waals surface area contributed by atoms with E-state index in [-0.39, 0.29) is 5.91 Å². The quantitative estimate of drug-likeness (QED) is 0.856. The largest absolute Gasteiger partial charge is 0.389 e. The molecule has 2 aliphatic rings. The van der Waals surface area contributed by atoms with E-state index in [1.807, 2.05) is 17.0 Å². The van der Waals surface area contributed by atoms with Crippen LogP contribution < -0.4 is 0 Å². The highest BCUT2D eigenvalue weighted by molar-refractivity contribution is 5.92. The molecule has 0 aliphatic carbocycles. The van der Waals surface area contributed by atoms with Gasteiger partial charge >= 0.3 is 0 Å². The number of β-amino-alcohol motifs (C(OH)–C–C–N with tert-alkyl or cyclic N) is 1. The number of carbonyl (C=O) groups excluding carboxylic acids is 1. The van der Waals surface area contributed by atoms with Crippen LogP contribution in [0.5, 0.6) is 0 Å². The third-order valence-corrected chi connectivity index (χ3v) is 4.43. The minimum Gasteiger partial charge on any atom is -0.389 e. The molecule has 1 atom stereocenters. The number of pyridine rings is 1. The Morgan fingerprint density at radius 2 is 2.09 bits per heavy atom. The van der Waals surface area contributed by atoms with E-state index in [0.29, 0.717) is 31.5 Å². The molecule has 2 aliphatic heterocycles. The van der Waals surface area contributed by atoms with Crippen molar-refractivity contribution in [2.45, 2.75) is 25.0 Å². The van der Waals surface area contributed by atoms with Crippen LogP contribution in [0, 0.1) is 0 Å². The van der Waals surface area contributed by atoms with Gasteiger partial charge in [0.1, 0.15) is 5.69 Å². The number of piperidine rings is 1. The summed E-state index contributed by atoms with van der Waals surface area (Å²) in [6.07, 6.45) is 3.12. The average molecular weight is 305 g/mol. The SMILES string of the molecule is O=C(c1ccccn1)N1CCC(N2CCOC[C@@H](O)C2)CC1. The van der Waals surface area contributed by atoms with Crippen LogP contribution in [-0.2, 0) is 4.74 Å². The van der Waals surface area contributed by atoms with E-state index < -0.39 is 6.10 Å². The summed E-state index contributed by atoms with van der Waals surface area (Å²) >= 11 is 0. The Kier molecular flexibility index (Phi) is 5.02. The lowest BCUT2D eigenvalue weighted by molar-refractivity contribution is 0.0463.